The number of fused-ring (bicyclic) bond motifs is 1. The monoisotopic (exact) mass is 400 g/mol. The molecule has 28 heavy (non-hydrogen) atoms. The zero-order chi connectivity index (χ0) is 21.1. The standard InChI is InChI=1S/C18H23F3N4O3/c1-4-22-15(26)9-24(5-2)11(3)17(28)25-10-16(27)23-13-8-12(18(19,20)21)6-7-14(13)25/h6-8,11H,4-5,9-10H2,1-3H3,(H,22,26)(H,23,27). The van der Waals surface area contributed by atoms with Crippen LogP contribution in [0, 0.1) is 0 Å². The molecule has 0 saturated carbocycles. The predicted octanol–water partition coefficient (Wildman–Crippen LogP) is 1.84. The van der Waals surface area contributed by atoms with Crippen LogP contribution >= 0.6 is 0 Å². The van der Waals surface area contributed by atoms with Crippen LogP contribution in [0.15, 0.2) is 18.2 Å². The van der Waals surface area contributed by atoms with Gasteiger partial charge in [-0.1, -0.05) is 6.92 Å². The van der Waals surface area contributed by atoms with Crippen molar-refractivity contribution in [1.82, 2.24) is 10.2 Å². The lowest BCUT2D eigenvalue weighted by Gasteiger charge is -2.34. The van der Waals surface area contributed by atoms with E-state index in [1.54, 1.807) is 25.7 Å². The van der Waals surface area contributed by atoms with Crippen LogP contribution in [-0.2, 0) is 20.6 Å². The van der Waals surface area contributed by atoms with E-state index in [1.165, 1.54) is 6.07 Å². The van der Waals surface area contributed by atoms with E-state index in [4.69, 9.17) is 0 Å². The molecule has 1 aliphatic heterocycles. The minimum atomic E-state index is -4.56. The number of amides is 3. The number of rotatable bonds is 6. The Hall–Kier alpha value is -2.62. The third-order valence-corrected chi connectivity index (χ3v) is 4.49. The van der Waals surface area contributed by atoms with E-state index >= 15 is 0 Å². The number of anilines is 2. The smallest absolute Gasteiger partial charge is 0.355 e. The SMILES string of the molecule is CCNC(=O)CN(CC)C(C)C(=O)N1CC(=O)Nc2cc(C(F)(F)F)ccc21. The van der Waals surface area contributed by atoms with Gasteiger partial charge in [-0.25, -0.2) is 0 Å². The van der Waals surface area contributed by atoms with E-state index in [-0.39, 0.29) is 30.4 Å². The molecular weight excluding hydrogens is 377 g/mol. The maximum Gasteiger partial charge on any atom is 0.416 e. The summed E-state index contributed by atoms with van der Waals surface area (Å²) in [6.07, 6.45) is -4.56. The van der Waals surface area contributed by atoms with Crippen molar-refractivity contribution >= 4 is 29.1 Å². The molecule has 0 aromatic heterocycles. The van der Waals surface area contributed by atoms with E-state index in [9.17, 15) is 27.6 Å². The predicted molar refractivity (Wildman–Crippen MR) is 97.8 cm³/mol. The fraction of sp³-hybridized carbons (Fsp3) is 0.500. The zero-order valence-electron chi connectivity index (χ0n) is 15.9. The van der Waals surface area contributed by atoms with Gasteiger partial charge in [-0.05, 0) is 38.6 Å². The Labute approximate surface area is 160 Å². The minimum absolute atomic E-state index is 0.00283. The third kappa shape index (κ3) is 4.80. The molecule has 1 aromatic carbocycles. The fourth-order valence-electron chi connectivity index (χ4n) is 3.00. The van der Waals surface area contributed by atoms with Gasteiger partial charge in [0.2, 0.25) is 17.7 Å². The molecule has 0 aliphatic carbocycles. The molecule has 0 radical (unpaired) electrons. The van der Waals surface area contributed by atoms with Gasteiger partial charge in [0.1, 0.15) is 6.54 Å². The van der Waals surface area contributed by atoms with E-state index in [0.717, 1.165) is 17.0 Å². The molecule has 0 bridgehead atoms. The number of benzene rings is 1. The molecule has 1 aliphatic rings. The van der Waals surface area contributed by atoms with Crippen LogP contribution < -0.4 is 15.5 Å². The highest BCUT2D eigenvalue weighted by atomic mass is 19.4. The second-order valence-corrected chi connectivity index (χ2v) is 6.39. The van der Waals surface area contributed by atoms with E-state index < -0.39 is 29.6 Å². The molecule has 1 atom stereocenters. The highest BCUT2D eigenvalue weighted by Crippen LogP contribution is 2.37. The fourth-order valence-corrected chi connectivity index (χ4v) is 3.00. The molecule has 0 spiro atoms. The van der Waals surface area contributed by atoms with Crippen molar-refractivity contribution < 1.29 is 27.6 Å². The Balaban J connectivity index is 2.28. The summed E-state index contributed by atoms with van der Waals surface area (Å²) in [6.45, 7) is 5.72. The maximum absolute atomic E-state index is 13.0. The van der Waals surface area contributed by atoms with E-state index in [0.29, 0.717) is 13.1 Å². The number of nitrogens with one attached hydrogen (secondary N) is 2. The minimum Gasteiger partial charge on any atom is -0.355 e. The molecule has 154 valence electrons. The number of hydrogen-bond donors (Lipinski definition) is 2. The van der Waals surface area contributed by atoms with Gasteiger partial charge in [-0.2, -0.15) is 13.2 Å². The first-order valence-electron chi connectivity index (χ1n) is 8.91. The van der Waals surface area contributed by atoms with E-state index in [2.05, 4.69) is 10.6 Å². The Morgan fingerprint density at radius 3 is 2.57 bits per heavy atom. The quantitative estimate of drug-likeness (QED) is 0.764. The van der Waals surface area contributed by atoms with Gasteiger partial charge in [0.15, 0.2) is 0 Å². The van der Waals surface area contributed by atoms with Crippen molar-refractivity contribution in [3.05, 3.63) is 23.8 Å². The molecule has 7 nitrogen and oxygen atoms in total. The van der Waals surface area contributed by atoms with Crippen molar-refractivity contribution in [3.63, 3.8) is 0 Å². The molecule has 10 heteroatoms. The first kappa shape index (κ1) is 21.7. The van der Waals surface area contributed by atoms with Gasteiger partial charge in [0.25, 0.3) is 0 Å². The lowest BCUT2D eigenvalue weighted by Crippen LogP contribution is -2.53. The average Bonchev–Trinajstić information content (AvgIpc) is 2.63. The van der Waals surface area contributed by atoms with Crippen LogP contribution in [0.1, 0.15) is 26.3 Å². The first-order chi connectivity index (χ1) is 13.1. The normalized spacial score (nSPS) is 15.1. The van der Waals surface area contributed by atoms with Crippen LogP contribution in [0.25, 0.3) is 0 Å². The summed E-state index contributed by atoms with van der Waals surface area (Å²) in [7, 11) is 0. The molecule has 3 amide bonds. The van der Waals surface area contributed by atoms with Crippen molar-refractivity contribution in [3.8, 4) is 0 Å². The highest BCUT2D eigenvalue weighted by molar-refractivity contribution is 6.11. The summed E-state index contributed by atoms with van der Waals surface area (Å²) < 4.78 is 38.8. The summed E-state index contributed by atoms with van der Waals surface area (Å²) in [5.74, 6) is -1.29. The molecule has 1 unspecified atom stereocenters. The lowest BCUT2D eigenvalue weighted by molar-refractivity contribution is -0.137. The molecular formula is C18H23F3N4O3. The highest BCUT2D eigenvalue weighted by Gasteiger charge is 2.36. The lowest BCUT2D eigenvalue weighted by atomic mass is 10.1. The summed E-state index contributed by atoms with van der Waals surface area (Å²) in [5.41, 5.74) is -0.794. The Morgan fingerprint density at radius 2 is 2.00 bits per heavy atom. The zero-order valence-corrected chi connectivity index (χ0v) is 15.9. The second kappa shape index (κ2) is 8.59. The van der Waals surface area contributed by atoms with Crippen molar-refractivity contribution in [2.45, 2.75) is 33.0 Å². The van der Waals surface area contributed by atoms with Gasteiger partial charge in [0.05, 0.1) is 29.5 Å². The molecule has 2 N–H and O–H groups in total. The van der Waals surface area contributed by atoms with Gasteiger partial charge in [0, 0.05) is 6.54 Å². The Kier molecular flexibility index (Phi) is 6.65. The van der Waals surface area contributed by atoms with Crippen LogP contribution in [0.5, 0.6) is 0 Å². The van der Waals surface area contributed by atoms with Crippen molar-refractivity contribution in [1.29, 1.82) is 0 Å². The summed E-state index contributed by atoms with van der Waals surface area (Å²) >= 11 is 0. The Bertz CT molecular complexity index is 767. The van der Waals surface area contributed by atoms with Gasteiger partial charge in [-0.15, -0.1) is 0 Å². The van der Waals surface area contributed by atoms with Gasteiger partial charge >= 0.3 is 6.18 Å². The molecule has 0 fully saturated rings. The van der Waals surface area contributed by atoms with Gasteiger partial charge in [-0.3, -0.25) is 24.2 Å². The number of likely N-dealkylation sites (N-methyl/N-ethyl adjacent to an activating group) is 2. The molecule has 2 rings (SSSR count). The van der Waals surface area contributed by atoms with Crippen molar-refractivity contribution in [2.24, 2.45) is 0 Å². The van der Waals surface area contributed by atoms with Gasteiger partial charge < -0.3 is 10.6 Å². The largest absolute Gasteiger partial charge is 0.416 e. The van der Waals surface area contributed by atoms with E-state index in [1.807, 2.05) is 0 Å². The molecule has 1 aromatic rings. The summed E-state index contributed by atoms with van der Waals surface area (Å²) in [5, 5.41) is 5.03. The van der Waals surface area contributed by atoms with Crippen molar-refractivity contribution in [2.75, 3.05) is 36.4 Å². The number of halogens is 3. The van der Waals surface area contributed by atoms with Crippen LogP contribution in [0.4, 0.5) is 24.5 Å². The number of carbonyl (C=O) groups excluding carboxylic acids is 3. The summed E-state index contributed by atoms with van der Waals surface area (Å²) in [6, 6.07) is 2.10. The van der Waals surface area contributed by atoms with Crippen LogP contribution in [-0.4, -0.2) is 54.8 Å². The first-order valence-corrected chi connectivity index (χ1v) is 8.91. The second-order valence-electron chi connectivity index (χ2n) is 6.39. The number of nitrogens with zero attached hydrogens (tertiary/aromatic N) is 2. The third-order valence-electron chi connectivity index (χ3n) is 4.49. The average molecular weight is 400 g/mol. The number of carbonyl (C=O) groups is 3. The molecule has 0 saturated heterocycles. The maximum atomic E-state index is 13.0. The van der Waals surface area contributed by atoms with Crippen LogP contribution in [0.3, 0.4) is 0 Å². The van der Waals surface area contributed by atoms with Crippen LogP contribution in [0.2, 0.25) is 0 Å². The summed E-state index contributed by atoms with van der Waals surface area (Å²) in [4.78, 5) is 39.6. The Morgan fingerprint density at radius 1 is 1.32 bits per heavy atom. The number of hydrogen-bond acceptors (Lipinski definition) is 4. The number of alkyl halides is 3. The molecule has 1 heterocycles. The topological polar surface area (TPSA) is 81.8 Å².